The van der Waals surface area contributed by atoms with Crippen molar-refractivity contribution in [1.29, 1.82) is 0 Å². The van der Waals surface area contributed by atoms with Crippen LogP contribution in [0, 0.1) is 0 Å². The van der Waals surface area contributed by atoms with E-state index in [0.717, 1.165) is 18.8 Å². The first-order valence-corrected chi connectivity index (χ1v) is 5.63. The molecular formula is C11H19N3O2. The van der Waals surface area contributed by atoms with Gasteiger partial charge in [0.2, 0.25) is 5.88 Å². The van der Waals surface area contributed by atoms with Crippen molar-refractivity contribution >= 4 is 5.82 Å². The molecular weight excluding hydrogens is 206 g/mol. The molecule has 0 saturated carbocycles. The Labute approximate surface area is 96.2 Å². The molecule has 0 radical (unpaired) electrons. The van der Waals surface area contributed by atoms with Gasteiger partial charge in [-0.3, -0.25) is 4.98 Å². The van der Waals surface area contributed by atoms with Gasteiger partial charge in [-0.25, -0.2) is 0 Å². The van der Waals surface area contributed by atoms with Gasteiger partial charge in [0.05, 0.1) is 19.0 Å². The lowest BCUT2D eigenvalue weighted by Crippen LogP contribution is -2.09. The fraction of sp³-hybridized carbons (Fsp3) is 0.636. The molecule has 1 aromatic rings. The standard InChI is InChI=1S/C11H19N3O2/c1-3-5-13-10-8-12-9-11(14-10)16-7-6-15-4-2/h8-9H,3-7H2,1-2H3,(H,13,14). The highest BCUT2D eigenvalue weighted by Crippen LogP contribution is 2.08. The zero-order chi connectivity index (χ0) is 11.6. The van der Waals surface area contributed by atoms with E-state index in [4.69, 9.17) is 9.47 Å². The normalized spacial score (nSPS) is 10.1. The number of rotatable bonds is 8. The molecule has 1 aromatic heterocycles. The summed E-state index contributed by atoms with van der Waals surface area (Å²) < 4.78 is 10.6. The Kier molecular flexibility index (Phi) is 6.25. The molecule has 90 valence electrons. The van der Waals surface area contributed by atoms with E-state index in [2.05, 4.69) is 22.2 Å². The SMILES string of the molecule is CCCNc1cncc(OCCOCC)n1. The molecule has 16 heavy (non-hydrogen) atoms. The quantitative estimate of drug-likeness (QED) is 0.683. The number of anilines is 1. The highest BCUT2D eigenvalue weighted by Gasteiger charge is 1.98. The van der Waals surface area contributed by atoms with E-state index in [9.17, 15) is 0 Å². The average molecular weight is 225 g/mol. The van der Waals surface area contributed by atoms with Crippen LogP contribution in [0.25, 0.3) is 0 Å². The smallest absolute Gasteiger partial charge is 0.234 e. The summed E-state index contributed by atoms with van der Waals surface area (Å²) in [5.41, 5.74) is 0. The van der Waals surface area contributed by atoms with E-state index in [-0.39, 0.29) is 0 Å². The molecule has 0 aliphatic heterocycles. The van der Waals surface area contributed by atoms with Gasteiger partial charge in [0.1, 0.15) is 12.4 Å². The van der Waals surface area contributed by atoms with E-state index in [1.807, 2.05) is 6.92 Å². The van der Waals surface area contributed by atoms with Gasteiger partial charge in [0.15, 0.2) is 0 Å². The lowest BCUT2D eigenvalue weighted by Gasteiger charge is -2.07. The maximum absolute atomic E-state index is 5.39. The zero-order valence-corrected chi connectivity index (χ0v) is 9.90. The molecule has 5 nitrogen and oxygen atoms in total. The highest BCUT2D eigenvalue weighted by atomic mass is 16.5. The molecule has 0 bridgehead atoms. The first-order chi connectivity index (χ1) is 7.86. The molecule has 0 aromatic carbocycles. The zero-order valence-electron chi connectivity index (χ0n) is 9.90. The summed E-state index contributed by atoms with van der Waals surface area (Å²) in [6.07, 6.45) is 4.34. The third kappa shape index (κ3) is 4.93. The fourth-order valence-corrected chi connectivity index (χ4v) is 1.11. The molecule has 0 spiro atoms. The summed E-state index contributed by atoms with van der Waals surface area (Å²) in [6.45, 7) is 6.72. The van der Waals surface area contributed by atoms with Crippen LogP contribution in [0.2, 0.25) is 0 Å². The third-order valence-electron chi connectivity index (χ3n) is 1.85. The Bertz CT molecular complexity index is 294. The molecule has 0 amide bonds. The van der Waals surface area contributed by atoms with Gasteiger partial charge >= 0.3 is 0 Å². The van der Waals surface area contributed by atoms with E-state index >= 15 is 0 Å². The van der Waals surface area contributed by atoms with Gasteiger partial charge in [-0.1, -0.05) is 6.92 Å². The predicted molar refractivity (Wildman–Crippen MR) is 62.8 cm³/mol. The lowest BCUT2D eigenvalue weighted by molar-refractivity contribution is 0.108. The van der Waals surface area contributed by atoms with Crippen LogP contribution in [0.1, 0.15) is 20.3 Å². The number of hydrogen-bond acceptors (Lipinski definition) is 5. The maximum atomic E-state index is 5.39. The van der Waals surface area contributed by atoms with Gasteiger partial charge in [0, 0.05) is 13.2 Å². The molecule has 0 fully saturated rings. The predicted octanol–water partition coefficient (Wildman–Crippen LogP) is 1.71. The van der Waals surface area contributed by atoms with E-state index < -0.39 is 0 Å². The third-order valence-corrected chi connectivity index (χ3v) is 1.85. The Morgan fingerprint density at radius 1 is 1.25 bits per heavy atom. The van der Waals surface area contributed by atoms with Crippen molar-refractivity contribution < 1.29 is 9.47 Å². The Morgan fingerprint density at radius 3 is 2.88 bits per heavy atom. The number of nitrogens with zero attached hydrogens (tertiary/aromatic N) is 2. The van der Waals surface area contributed by atoms with Crippen molar-refractivity contribution in [3.05, 3.63) is 12.4 Å². The number of aromatic nitrogens is 2. The van der Waals surface area contributed by atoms with Crippen molar-refractivity contribution in [2.24, 2.45) is 0 Å². The molecule has 5 heteroatoms. The summed E-state index contributed by atoms with van der Waals surface area (Å²) in [4.78, 5) is 8.30. The topological polar surface area (TPSA) is 56.3 Å². The minimum absolute atomic E-state index is 0.500. The van der Waals surface area contributed by atoms with Gasteiger partial charge in [0.25, 0.3) is 0 Å². The summed E-state index contributed by atoms with van der Waals surface area (Å²) >= 11 is 0. The summed E-state index contributed by atoms with van der Waals surface area (Å²) in [7, 11) is 0. The van der Waals surface area contributed by atoms with Crippen molar-refractivity contribution in [3.8, 4) is 5.88 Å². The van der Waals surface area contributed by atoms with Crippen LogP contribution < -0.4 is 10.1 Å². The molecule has 1 N–H and O–H groups in total. The Balaban J connectivity index is 2.35. The van der Waals surface area contributed by atoms with Crippen molar-refractivity contribution in [2.75, 3.05) is 31.7 Å². The van der Waals surface area contributed by atoms with Gasteiger partial charge in [-0.05, 0) is 13.3 Å². The van der Waals surface area contributed by atoms with Crippen LogP contribution in [-0.4, -0.2) is 36.3 Å². The minimum atomic E-state index is 0.500. The van der Waals surface area contributed by atoms with Crippen LogP contribution in [0.3, 0.4) is 0 Å². The molecule has 0 atom stereocenters. The van der Waals surface area contributed by atoms with Crippen LogP contribution in [0.4, 0.5) is 5.82 Å². The van der Waals surface area contributed by atoms with Crippen molar-refractivity contribution in [1.82, 2.24) is 9.97 Å². The van der Waals surface area contributed by atoms with E-state index in [1.54, 1.807) is 12.4 Å². The van der Waals surface area contributed by atoms with Crippen molar-refractivity contribution in [2.45, 2.75) is 20.3 Å². The fourth-order valence-electron chi connectivity index (χ4n) is 1.11. The van der Waals surface area contributed by atoms with Crippen LogP contribution in [0.15, 0.2) is 12.4 Å². The molecule has 1 rings (SSSR count). The maximum Gasteiger partial charge on any atom is 0.234 e. The van der Waals surface area contributed by atoms with Gasteiger partial charge in [-0.2, -0.15) is 4.98 Å². The summed E-state index contributed by atoms with van der Waals surface area (Å²) in [5, 5.41) is 3.15. The van der Waals surface area contributed by atoms with Gasteiger partial charge < -0.3 is 14.8 Å². The molecule has 0 saturated heterocycles. The van der Waals surface area contributed by atoms with Crippen LogP contribution >= 0.6 is 0 Å². The first-order valence-electron chi connectivity index (χ1n) is 5.63. The Morgan fingerprint density at radius 2 is 2.12 bits per heavy atom. The average Bonchev–Trinajstić information content (AvgIpc) is 2.33. The molecule has 0 aliphatic carbocycles. The molecule has 0 aliphatic rings. The monoisotopic (exact) mass is 225 g/mol. The second kappa shape index (κ2) is 7.87. The summed E-state index contributed by atoms with van der Waals surface area (Å²) in [6, 6.07) is 0. The molecule has 0 unspecified atom stereocenters. The number of nitrogens with one attached hydrogen (secondary N) is 1. The first kappa shape index (κ1) is 12.7. The molecule has 1 heterocycles. The van der Waals surface area contributed by atoms with E-state index in [1.165, 1.54) is 0 Å². The number of hydrogen-bond donors (Lipinski definition) is 1. The summed E-state index contributed by atoms with van der Waals surface area (Å²) in [5.74, 6) is 1.27. The second-order valence-corrected chi connectivity index (χ2v) is 3.21. The second-order valence-electron chi connectivity index (χ2n) is 3.21. The largest absolute Gasteiger partial charge is 0.474 e. The Hall–Kier alpha value is -1.36. The number of ether oxygens (including phenoxy) is 2. The van der Waals surface area contributed by atoms with Gasteiger partial charge in [-0.15, -0.1) is 0 Å². The van der Waals surface area contributed by atoms with Crippen LogP contribution in [-0.2, 0) is 4.74 Å². The lowest BCUT2D eigenvalue weighted by atomic mass is 10.5. The van der Waals surface area contributed by atoms with Crippen LogP contribution in [0.5, 0.6) is 5.88 Å². The highest BCUT2D eigenvalue weighted by molar-refractivity contribution is 5.32. The van der Waals surface area contributed by atoms with E-state index in [0.29, 0.717) is 25.7 Å². The van der Waals surface area contributed by atoms with Crippen molar-refractivity contribution in [3.63, 3.8) is 0 Å². The minimum Gasteiger partial charge on any atom is -0.474 e.